The normalized spacial score (nSPS) is 30.1. The second-order valence-electron chi connectivity index (χ2n) is 3.25. The predicted octanol–water partition coefficient (Wildman–Crippen LogP) is -0.178. The van der Waals surface area contributed by atoms with Crippen molar-refractivity contribution in [3.8, 4) is 0 Å². The minimum atomic E-state index is -0.777. The highest BCUT2D eigenvalue weighted by Gasteiger charge is 2.22. The third-order valence-corrected chi connectivity index (χ3v) is 2.32. The van der Waals surface area contributed by atoms with E-state index >= 15 is 0 Å². The van der Waals surface area contributed by atoms with E-state index in [1.165, 1.54) is 0 Å². The van der Waals surface area contributed by atoms with E-state index in [0.29, 0.717) is 13.0 Å². The first-order chi connectivity index (χ1) is 5.70. The predicted molar refractivity (Wildman–Crippen MR) is 43.9 cm³/mol. The molecule has 0 radical (unpaired) electrons. The van der Waals surface area contributed by atoms with Crippen molar-refractivity contribution in [2.24, 2.45) is 5.92 Å². The summed E-state index contributed by atoms with van der Waals surface area (Å²) in [6.45, 7) is 1.49. The van der Waals surface area contributed by atoms with Crippen LogP contribution in [0.4, 0.5) is 0 Å². The van der Waals surface area contributed by atoms with E-state index in [2.05, 4.69) is 5.32 Å². The zero-order valence-corrected chi connectivity index (χ0v) is 6.99. The average Bonchev–Trinajstić information content (AvgIpc) is 2.03. The monoisotopic (exact) mass is 173 g/mol. The van der Waals surface area contributed by atoms with Crippen molar-refractivity contribution < 1.29 is 15.0 Å². The van der Waals surface area contributed by atoms with Crippen molar-refractivity contribution in [1.82, 2.24) is 5.32 Å². The third-order valence-electron chi connectivity index (χ3n) is 2.32. The molecular formula is C8H15NO3. The summed E-state index contributed by atoms with van der Waals surface area (Å²) < 4.78 is 0. The summed E-state index contributed by atoms with van der Waals surface area (Å²) in [4.78, 5) is 10.3. The highest BCUT2D eigenvalue weighted by atomic mass is 16.4. The maximum atomic E-state index is 10.3. The van der Waals surface area contributed by atoms with E-state index in [1.807, 2.05) is 0 Å². The molecule has 0 aromatic carbocycles. The Morgan fingerprint density at radius 2 is 2.33 bits per heavy atom. The number of β-amino-alcohol motifs (C(OH)–C–C–N with tert-alkyl or cyclic N) is 1. The second-order valence-corrected chi connectivity index (χ2v) is 3.25. The van der Waals surface area contributed by atoms with Gasteiger partial charge in [-0.25, -0.2) is 0 Å². The van der Waals surface area contributed by atoms with Crippen molar-refractivity contribution in [2.75, 3.05) is 13.1 Å². The van der Waals surface area contributed by atoms with Crippen LogP contribution in [0.25, 0.3) is 0 Å². The summed E-state index contributed by atoms with van der Waals surface area (Å²) in [5.41, 5.74) is 0. The molecule has 0 bridgehead atoms. The van der Waals surface area contributed by atoms with Gasteiger partial charge < -0.3 is 15.5 Å². The molecule has 4 heteroatoms. The van der Waals surface area contributed by atoms with Gasteiger partial charge >= 0.3 is 5.97 Å². The van der Waals surface area contributed by atoms with Crippen LogP contribution >= 0.6 is 0 Å². The van der Waals surface area contributed by atoms with Crippen LogP contribution < -0.4 is 5.32 Å². The lowest BCUT2D eigenvalue weighted by Crippen LogP contribution is -2.40. The minimum absolute atomic E-state index is 0.168. The molecule has 3 N–H and O–H groups in total. The van der Waals surface area contributed by atoms with Gasteiger partial charge in [-0.15, -0.1) is 0 Å². The molecule has 0 saturated carbocycles. The Hall–Kier alpha value is -0.610. The zero-order chi connectivity index (χ0) is 8.97. The molecule has 0 aliphatic carbocycles. The first-order valence-electron chi connectivity index (χ1n) is 4.30. The van der Waals surface area contributed by atoms with Crippen molar-refractivity contribution in [2.45, 2.75) is 25.4 Å². The summed E-state index contributed by atoms with van der Waals surface area (Å²) in [5.74, 6) is -0.608. The maximum Gasteiger partial charge on any atom is 0.303 e. The summed E-state index contributed by atoms with van der Waals surface area (Å²) in [7, 11) is 0. The number of carboxylic acid groups (broad SMARTS) is 1. The van der Waals surface area contributed by atoms with Crippen LogP contribution in [-0.2, 0) is 4.79 Å². The standard InChI is InChI=1S/C8H15NO3/c10-7-5-9-4-3-6(7)1-2-8(11)12/h6-7,9-10H,1-5H2,(H,11,12)/t6-,7+/m1/s1. The fraction of sp³-hybridized carbons (Fsp3) is 0.875. The molecule has 12 heavy (non-hydrogen) atoms. The first kappa shape index (κ1) is 9.48. The number of aliphatic hydroxyl groups is 1. The van der Waals surface area contributed by atoms with Crippen molar-refractivity contribution in [1.29, 1.82) is 0 Å². The van der Waals surface area contributed by atoms with Gasteiger partial charge in [-0.2, -0.15) is 0 Å². The van der Waals surface area contributed by atoms with E-state index in [0.717, 1.165) is 13.0 Å². The molecule has 0 aromatic heterocycles. The molecule has 2 atom stereocenters. The van der Waals surface area contributed by atoms with Gasteiger partial charge in [0.05, 0.1) is 6.10 Å². The molecule has 0 aromatic rings. The molecule has 1 saturated heterocycles. The molecule has 4 nitrogen and oxygen atoms in total. The molecule has 1 aliphatic heterocycles. The topological polar surface area (TPSA) is 69.6 Å². The number of aliphatic hydroxyl groups excluding tert-OH is 1. The van der Waals surface area contributed by atoms with Crippen LogP contribution in [-0.4, -0.2) is 35.4 Å². The van der Waals surface area contributed by atoms with Crippen molar-refractivity contribution >= 4 is 5.97 Å². The molecule has 1 aliphatic rings. The molecule has 0 spiro atoms. The SMILES string of the molecule is O=C(O)CC[C@@H]1CCNC[C@@H]1O. The van der Waals surface area contributed by atoms with Crippen LogP contribution in [0.3, 0.4) is 0 Å². The van der Waals surface area contributed by atoms with Gasteiger partial charge in [-0.05, 0) is 25.3 Å². The number of hydrogen-bond acceptors (Lipinski definition) is 3. The van der Waals surface area contributed by atoms with Gasteiger partial charge in [0.1, 0.15) is 0 Å². The van der Waals surface area contributed by atoms with Crippen LogP contribution in [0.1, 0.15) is 19.3 Å². The minimum Gasteiger partial charge on any atom is -0.481 e. The molecular weight excluding hydrogens is 158 g/mol. The quantitative estimate of drug-likeness (QED) is 0.554. The average molecular weight is 173 g/mol. The Morgan fingerprint density at radius 3 is 2.92 bits per heavy atom. The summed E-state index contributed by atoms with van der Waals surface area (Å²) >= 11 is 0. The Kier molecular flexibility index (Phi) is 3.49. The number of hydrogen-bond donors (Lipinski definition) is 3. The van der Waals surface area contributed by atoms with E-state index in [4.69, 9.17) is 5.11 Å². The Labute approximate surface area is 71.6 Å². The largest absolute Gasteiger partial charge is 0.481 e. The van der Waals surface area contributed by atoms with Crippen molar-refractivity contribution in [3.05, 3.63) is 0 Å². The molecule has 0 amide bonds. The Morgan fingerprint density at radius 1 is 1.58 bits per heavy atom. The molecule has 70 valence electrons. The van der Waals surface area contributed by atoms with Gasteiger partial charge in [0.25, 0.3) is 0 Å². The molecule has 1 rings (SSSR count). The zero-order valence-electron chi connectivity index (χ0n) is 6.99. The van der Waals surface area contributed by atoms with Gasteiger partial charge in [0.2, 0.25) is 0 Å². The lowest BCUT2D eigenvalue weighted by molar-refractivity contribution is -0.137. The number of piperidine rings is 1. The van der Waals surface area contributed by atoms with Gasteiger partial charge in [0, 0.05) is 13.0 Å². The third kappa shape index (κ3) is 2.79. The van der Waals surface area contributed by atoms with E-state index in [-0.39, 0.29) is 18.4 Å². The van der Waals surface area contributed by atoms with Gasteiger partial charge in [0.15, 0.2) is 0 Å². The Bertz CT molecular complexity index is 160. The fourth-order valence-corrected chi connectivity index (χ4v) is 1.54. The van der Waals surface area contributed by atoms with Crippen LogP contribution in [0, 0.1) is 5.92 Å². The van der Waals surface area contributed by atoms with Crippen LogP contribution in [0.2, 0.25) is 0 Å². The number of rotatable bonds is 3. The summed E-state index contributed by atoms with van der Waals surface area (Å²) in [6, 6.07) is 0. The van der Waals surface area contributed by atoms with E-state index < -0.39 is 5.97 Å². The van der Waals surface area contributed by atoms with Crippen LogP contribution in [0.15, 0.2) is 0 Å². The first-order valence-corrected chi connectivity index (χ1v) is 4.30. The number of nitrogens with one attached hydrogen (secondary N) is 1. The summed E-state index contributed by atoms with van der Waals surface area (Å²) in [5, 5.41) is 20.9. The Balaban J connectivity index is 2.24. The molecule has 1 fully saturated rings. The van der Waals surface area contributed by atoms with Crippen molar-refractivity contribution in [3.63, 3.8) is 0 Å². The molecule has 1 heterocycles. The highest BCUT2D eigenvalue weighted by Crippen LogP contribution is 2.18. The van der Waals surface area contributed by atoms with Crippen LogP contribution in [0.5, 0.6) is 0 Å². The second kappa shape index (κ2) is 4.42. The lowest BCUT2D eigenvalue weighted by atomic mass is 9.91. The highest BCUT2D eigenvalue weighted by molar-refractivity contribution is 5.66. The smallest absolute Gasteiger partial charge is 0.303 e. The maximum absolute atomic E-state index is 10.3. The lowest BCUT2D eigenvalue weighted by Gasteiger charge is -2.27. The van der Waals surface area contributed by atoms with Gasteiger partial charge in [-0.1, -0.05) is 0 Å². The number of carboxylic acids is 1. The number of aliphatic carboxylic acids is 1. The molecule has 0 unspecified atom stereocenters. The summed E-state index contributed by atoms with van der Waals surface area (Å²) in [6.07, 6.45) is 1.28. The van der Waals surface area contributed by atoms with Gasteiger partial charge in [-0.3, -0.25) is 4.79 Å². The van der Waals surface area contributed by atoms with E-state index in [9.17, 15) is 9.90 Å². The van der Waals surface area contributed by atoms with E-state index in [1.54, 1.807) is 0 Å². The number of carbonyl (C=O) groups is 1. The fourth-order valence-electron chi connectivity index (χ4n) is 1.54.